The van der Waals surface area contributed by atoms with Crippen LogP contribution in [0.1, 0.15) is 57.2 Å². The number of nitrogens with zero attached hydrogens (tertiary/aromatic N) is 1. The number of unbranched alkanes of at least 4 members (excludes halogenated alkanes) is 2. The lowest BCUT2D eigenvalue weighted by atomic mass is 9.95. The Bertz CT molecular complexity index is 1090. The average molecular weight is 452 g/mol. The van der Waals surface area contributed by atoms with E-state index in [9.17, 15) is 14.7 Å². The summed E-state index contributed by atoms with van der Waals surface area (Å²) in [6, 6.07) is 11.6. The topological polar surface area (TPSA) is 85.3 Å². The van der Waals surface area contributed by atoms with E-state index >= 15 is 0 Å². The highest BCUT2D eigenvalue weighted by atomic mass is 16.7. The molecule has 2 aromatic rings. The monoisotopic (exact) mass is 451 g/mol. The Kier molecular flexibility index (Phi) is 6.58. The van der Waals surface area contributed by atoms with Crippen molar-refractivity contribution in [1.82, 2.24) is 4.90 Å². The van der Waals surface area contributed by atoms with Crippen LogP contribution in [0.3, 0.4) is 0 Å². The van der Waals surface area contributed by atoms with E-state index in [0.29, 0.717) is 34.9 Å². The van der Waals surface area contributed by atoms with Gasteiger partial charge in [0, 0.05) is 12.1 Å². The lowest BCUT2D eigenvalue weighted by Crippen LogP contribution is -2.30. The highest BCUT2D eigenvalue weighted by Crippen LogP contribution is 2.42. The fraction of sp³-hybridized carbons (Fsp3) is 0.385. The summed E-state index contributed by atoms with van der Waals surface area (Å²) in [5.41, 5.74) is 1.17. The highest BCUT2D eigenvalue weighted by Gasteiger charge is 2.46. The quantitative estimate of drug-likeness (QED) is 0.268. The molecule has 33 heavy (non-hydrogen) atoms. The first-order chi connectivity index (χ1) is 15.9. The third-order valence-corrected chi connectivity index (χ3v) is 5.73. The van der Waals surface area contributed by atoms with Gasteiger partial charge < -0.3 is 24.2 Å². The van der Waals surface area contributed by atoms with Crippen LogP contribution in [0.4, 0.5) is 0 Å². The van der Waals surface area contributed by atoms with E-state index in [1.165, 1.54) is 0 Å². The molecule has 1 fully saturated rings. The molecule has 2 aliphatic rings. The summed E-state index contributed by atoms with van der Waals surface area (Å²) in [5.74, 6) is 0.173. The van der Waals surface area contributed by atoms with E-state index in [-0.39, 0.29) is 24.2 Å². The Morgan fingerprint density at radius 1 is 1.12 bits per heavy atom. The van der Waals surface area contributed by atoms with Crippen LogP contribution in [-0.4, -0.2) is 41.1 Å². The van der Waals surface area contributed by atoms with Crippen molar-refractivity contribution in [2.45, 2.75) is 52.2 Å². The molecule has 7 heteroatoms. The number of likely N-dealkylation sites (tertiary alicyclic amines) is 1. The van der Waals surface area contributed by atoms with Crippen molar-refractivity contribution in [3.05, 3.63) is 59.2 Å². The molecule has 1 saturated heterocycles. The van der Waals surface area contributed by atoms with Crippen LogP contribution in [0.2, 0.25) is 0 Å². The zero-order valence-electron chi connectivity index (χ0n) is 19.2. The van der Waals surface area contributed by atoms with Crippen molar-refractivity contribution in [3.8, 4) is 17.2 Å². The smallest absolute Gasteiger partial charge is 0.295 e. The number of benzene rings is 2. The molecule has 2 aliphatic heterocycles. The van der Waals surface area contributed by atoms with Gasteiger partial charge in [0.05, 0.1) is 17.7 Å². The number of ketones is 1. The second-order valence-corrected chi connectivity index (χ2v) is 8.51. The van der Waals surface area contributed by atoms with Crippen LogP contribution in [0, 0.1) is 0 Å². The first kappa shape index (κ1) is 22.7. The third-order valence-electron chi connectivity index (χ3n) is 5.73. The summed E-state index contributed by atoms with van der Waals surface area (Å²) in [6.45, 7) is 6.48. The lowest BCUT2D eigenvalue weighted by Gasteiger charge is -2.26. The number of hydrogen-bond acceptors (Lipinski definition) is 6. The lowest BCUT2D eigenvalue weighted by molar-refractivity contribution is -0.139. The molecule has 0 aromatic heterocycles. The van der Waals surface area contributed by atoms with Crippen molar-refractivity contribution >= 4 is 17.4 Å². The molecule has 7 nitrogen and oxygen atoms in total. The van der Waals surface area contributed by atoms with Gasteiger partial charge in [-0.15, -0.1) is 0 Å². The molecule has 1 N–H and O–H groups in total. The van der Waals surface area contributed by atoms with Gasteiger partial charge in [0.15, 0.2) is 11.5 Å². The number of fused-ring (bicyclic) bond motifs is 1. The van der Waals surface area contributed by atoms with Gasteiger partial charge in [0.1, 0.15) is 11.5 Å². The van der Waals surface area contributed by atoms with Crippen LogP contribution in [0.15, 0.2) is 48.0 Å². The molecule has 0 radical (unpaired) electrons. The van der Waals surface area contributed by atoms with Crippen LogP contribution in [0.5, 0.6) is 17.2 Å². The average Bonchev–Trinajstić information content (AvgIpc) is 3.36. The fourth-order valence-electron chi connectivity index (χ4n) is 4.22. The van der Waals surface area contributed by atoms with E-state index in [1.54, 1.807) is 23.1 Å². The summed E-state index contributed by atoms with van der Waals surface area (Å²) in [5, 5.41) is 11.2. The summed E-state index contributed by atoms with van der Waals surface area (Å²) in [4.78, 5) is 27.7. The molecule has 174 valence electrons. The molecule has 0 bridgehead atoms. The predicted molar refractivity (Wildman–Crippen MR) is 123 cm³/mol. The van der Waals surface area contributed by atoms with Gasteiger partial charge in [0.2, 0.25) is 6.79 Å². The first-order valence-corrected chi connectivity index (χ1v) is 11.4. The molecule has 4 rings (SSSR count). The minimum absolute atomic E-state index is 0.0233. The van der Waals surface area contributed by atoms with Gasteiger partial charge in [0.25, 0.3) is 11.7 Å². The van der Waals surface area contributed by atoms with Gasteiger partial charge in [-0.2, -0.15) is 0 Å². The normalized spacial score (nSPS) is 18.9. The standard InChI is InChI=1S/C26H29NO6/c1-4-5-6-12-27-23(17-8-7-9-19(13-17)33-16(2)3)22(25(29)26(27)30)24(28)18-10-11-20-21(14-18)32-15-31-20/h7-11,13-14,16,23,28H,4-6,12,15H2,1-3H3/b24-22-. The molecule has 2 aromatic carbocycles. The molecule has 0 saturated carbocycles. The van der Waals surface area contributed by atoms with Crippen LogP contribution < -0.4 is 14.2 Å². The summed E-state index contributed by atoms with van der Waals surface area (Å²) in [7, 11) is 0. The van der Waals surface area contributed by atoms with Crippen molar-refractivity contribution < 1.29 is 28.9 Å². The number of aliphatic hydroxyl groups excluding tert-OH is 1. The Morgan fingerprint density at radius 2 is 1.91 bits per heavy atom. The van der Waals surface area contributed by atoms with E-state index in [1.807, 2.05) is 38.1 Å². The third kappa shape index (κ3) is 4.53. The molecule has 2 heterocycles. The van der Waals surface area contributed by atoms with Crippen molar-refractivity contribution in [2.75, 3.05) is 13.3 Å². The Balaban J connectivity index is 1.80. The van der Waals surface area contributed by atoms with Crippen LogP contribution >= 0.6 is 0 Å². The second kappa shape index (κ2) is 9.57. The highest BCUT2D eigenvalue weighted by molar-refractivity contribution is 6.46. The molecular formula is C26H29NO6. The summed E-state index contributed by atoms with van der Waals surface area (Å²) < 4.78 is 16.6. The number of carbonyl (C=O) groups is 2. The molecule has 0 aliphatic carbocycles. The maximum Gasteiger partial charge on any atom is 0.295 e. The first-order valence-electron chi connectivity index (χ1n) is 11.4. The largest absolute Gasteiger partial charge is 0.507 e. The number of Topliss-reactive ketones (excluding diaryl/α,β-unsaturated/α-hetero) is 1. The predicted octanol–water partition coefficient (Wildman–Crippen LogP) is 4.81. The number of carbonyl (C=O) groups excluding carboxylic acids is 2. The number of rotatable bonds is 8. The van der Waals surface area contributed by atoms with Gasteiger partial charge >= 0.3 is 0 Å². The minimum atomic E-state index is -0.706. The molecule has 1 amide bonds. The number of aliphatic hydroxyl groups is 1. The van der Waals surface area contributed by atoms with E-state index in [4.69, 9.17) is 14.2 Å². The molecule has 0 spiro atoms. The number of amides is 1. The number of hydrogen-bond donors (Lipinski definition) is 1. The van der Waals surface area contributed by atoms with E-state index < -0.39 is 17.7 Å². The SMILES string of the molecule is CCCCCN1C(=O)C(=O)/C(=C(\O)c2ccc3c(c2)OCO3)C1c1cccc(OC(C)C)c1. The summed E-state index contributed by atoms with van der Waals surface area (Å²) >= 11 is 0. The van der Waals surface area contributed by atoms with E-state index in [2.05, 4.69) is 6.92 Å². The van der Waals surface area contributed by atoms with Gasteiger partial charge in [-0.25, -0.2) is 0 Å². The molecule has 1 unspecified atom stereocenters. The fourth-order valence-corrected chi connectivity index (χ4v) is 4.22. The zero-order chi connectivity index (χ0) is 23.5. The number of ether oxygens (including phenoxy) is 3. The van der Waals surface area contributed by atoms with Gasteiger partial charge in [-0.05, 0) is 56.2 Å². The van der Waals surface area contributed by atoms with Crippen LogP contribution in [-0.2, 0) is 9.59 Å². The van der Waals surface area contributed by atoms with Crippen LogP contribution in [0.25, 0.3) is 5.76 Å². The maximum atomic E-state index is 13.1. The van der Waals surface area contributed by atoms with E-state index in [0.717, 1.165) is 19.3 Å². The van der Waals surface area contributed by atoms with Crippen molar-refractivity contribution in [3.63, 3.8) is 0 Å². The molecule has 1 atom stereocenters. The minimum Gasteiger partial charge on any atom is -0.507 e. The van der Waals surface area contributed by atoms with Gasteiger partial charge in [-0.3, -0.25) is 9.59 Å². The van der Waals surface area contributed by atoms with Crippen molar-refractivity contribution in [2.24, 2.45) is 0 Å². The Hall–Kier alpha value is -3.48. The summed E-state index contributed by atoms with van der Waals surface area (Å²) in [6.07, 6.45) is 2.68. The second-order valence-electron chi connectivity index (χ2n) is 8.51. The Morgan fingerprint density at radius 3 is 2.67 bits per heavy atom. The Labute approximate surface area is 193 Å². The van der Waals surface area contributed by atoms with Crippen molar-refractivity contribution in [1.29, 1.82) is 0 Å². The van der Waals surface area contributed by atoms with Gasteiger partial charge in [-0.1, -0.05) is 31.9 Å². The maximum absolute atomic E-state index is 13.1. The molecular weight excluding hydrogens is 422 g/mol. The zero-order valence-corrected chi connectivity index (χ0v) is 19.2.